The minimum absolute atomic E-state index is 0.0632. The van der Waals surface area contributed by atoms with Gasteiger partial charge in [-0.15, -0.1) is 0 Å². The van der Waals surface area contributed by atoms with E-state index in [-0.39, 0.29) is 17.3 Å². The lowest BCUT2D eigenvalue weighted by Crippen LogP contribution is -2.47. The Hall–Kier alpha value is -2.11. The van der Waals surface area contributed by atoms with Crippen molar-refractivity contribution in [3.63, 3.8) is 0 Å². The molecule has 1 aromatic carbocycles. The quantitative estimate of drug-likeness (QED) is 0.880. The van der Waals surface area contributed by atoms with Crippen LogP contribution in [0.4, 0.5) is 14.9 Å². The zero-order valence-electron chi connectivity index (χ0n) is 12.1. The number of piperidine rings is 1. The highest BCUT2D eigenvalue weighted by Crippen LogP contribution is 2.23. The van der Waals surface area contributed by atoms with E-state index in [1.165, 1.54) is 6.07 Å². The molecule has 0 saturated carbocycles. The molecular formula is C15H19FN2O3. The number of benzene rings is 1. The van der Waals surface area contributed by atoms with Crippen molar-refractivity contribution in [1.82, 2.24) is 4.90 Å². The molecular weight excluding hydrogens is 275 g/mol. The van der Waals surface area contributed by atoms with Gasteiger partial charge in [-0.3, -0.25) is 0 Å². The zero-order chi connectivity index (χ0) is 15.6. The first-order valence-corrected chi connectivity index (χ1v) is 6.99. The highest BCUT2D eigenvalue weighted by molar-refractivity contribution is 5.93. The van der Waals surface area contributed by atoms with Gasteiger partial charge in [-0.1, -0.05) is 6.92 Å². The molecule has 2 rings (SSSR count). The van der Waals surface area contributed by atoms with Crippen LogP contribution in [-0.2, 0) is 0 Å². The van der Waals surface area contributed by atoms with E-state index in [9.17, 15) is 14.0 Å². The summed E-state index contributed by atoms with van der Waals surface area (Å²) in [5.41, 5.74) is -0.169. The summed E-state index contributed by atoms with van der Waals surface area (Å²) >= 11 is 0. The Morgan fingerprint density at radius 1 is 1.33 bits per heavy atom. The normalized spacial score (nSPS) is 22.0. The molecule has 1 saturated heterocycles. The first-order valence-electron chi connectivity index (χ1n) is 6.99. The number of rotatable bonds is 2. The third-order valence-corrected chi connectivity index (χ3v) is 3.83. The number of aromatic carboxylic acids is 1. The number of carboxylic acid groups (broad SMARTS) is 1. The Kier molecular flexibility index (Phi) is 4.45. The van der Waals surface area contributed by atoms with Gasteiger partial charge in [0.25, 0.3) is 0 Å². The molecule has 0 radical (unpaired) electrons. The number of hydrogen-bond acceptors (Lipinski definition) is 2. The Morgan fingerprint density at radius 3 is 2.71 bits per heavy atom. The van der Waals surface area contributed by atoms with E-state index in [0.717, 1.165) is 25.0 Å². The fraction of sp³-hybridized carbons (Fsp3) is 0.467. The van der Waals surface area contributed by atoms with Gasteiger partial charge in [0.15, 0.2) is 0 Å². The summed E-state index contributed by atoms with van der Waals surface area (Å²) in [6.07, 6.45) is 1.97. The van der Waals surface area contributed by atoms with Crippen molar-refractivity contribution in [3.05, 3.63) is 29.6 Å². The number of carbonyl (C=O) groups is 2. The molecule has 0 aromatic heterocycles. The molecule has 1 fully saturated rings. The van der Waals surface area contributed by atoms with Crippen molar-refractivity contribution in [2.75, 3.05) is 11.9 Å². The van der Waals surface area contributed by atoms with E-state index in [2.05, 4.69) is 12.2 Å². The second-order valence-corrected chi connectivity index (χ2v) is 5.61. The fourth-order valence-electron chi connectivity index (χ4n) is 2.51. The van der Waals surface area contributed by atoms with Crippen LogP contribution in [0.3, 0.4) is 0 Å². The maximum atomic E-state index is 13.7. The molecule has 114 valence electrons. The van der Waals surface area contributed by atoms with Crippen LogP contribution in [0.25, 0.3) is 0 Å². The lowest BCUT2D eigenvalue weighted by molar-refractivity contribution is 0.0696. The van der Waals surface area contributed by atoms with Crippen molar-refractivity contribution in [2.45, 2.75) is 32.7 Å². The van der Waals surface area contributed by atoms with Crippen LogP contribution in [0, 0.1) is 11.7 Å². The van der Waals surface area contributed by atoms with Gasteiger partial charge in [0.05, 0.1) is 11.3 Å². The van der Waals surface area contributed by atoms with Gasteiger partial charge in [0, 0.05) is 12.6 Å². The minimum atomic E-state index is -1.16. The summed E-state index contributed by atoms with van der Waals surface area (Å²) in [7, 11) is 0. The monoisotopic (exact) mass is 294 g/mol. The number of nitrogens with one attached hydrogen (secondary N) is 1. The van der Waals surface area contributed by atoms with E-state index in [4.69, 9.17) is 5.11 Å². The predicted molar refractivity (Wildman–Crippen MR) is 76.9 cm³/mol. The van der Waals surface area contributed by atoms with E-state index in [1.807, 2.05) is 6.92 Å². The summed E-state index contributed by atoms with van der Waals surface area (Å²) in [5.74, 6) is -1.40. The predicted octanol–water partition coefficient (Wildman–Crippen LogP) is 3.18. The van der Waals surface area contributed by atoms with Crippen LogP contribution in [0.1, 0.15) is 37.0 Å². The van der Waals surface area contributed by atoms with Crippen LogP contribution in [0.15, 0.2) is 18.2 Å². The van der Waals surface area contributed by atoms with Crippen LogP contribution in [-0.4, -0.2) is 34.6 Å². The molecule has 1 aliphatic rings. The molecule has 2 amide bonds. The number of halogens is 1. The summed E-state index contributed by atoms with van der Waals surface area (Å²) in [6, 6.07) is 3.04. The molecule has 2 unspecified atom stereocenters. The number of hydrogen-bond donors (Lipinski definition) is 2. The lowest BCUT2D eigenvalue weighted by Gasteiger charge is -2.36. The highest BCUT2D eigenvalue weighted by atomic mass is 19.1. The first-order chi connectivity index (χ1) is 9.88. The van der Waals surface area contributed by atoms with Gasteiger partial charge in [-0.2, -0.15) is 0 Å². The second kappa shape index (κ2) is 6.11. The highest BCUT2D eigenvalue weighted by Gasteiger charge is 2.27. The first kappa shape index (κ1) is 15.3. The standard InChI is InChI=1S/C15H19FN2O3/c1-9-3-4-10(2)18(8-9)15(21)17-13-7-11(14(19)20)5-6-12(13)16/h5-7,9-10H,3-4,8H2,1-2H3,(H,17,21)(H,19,20). The van der Waals surface area contributed by atoms with Crippen molar-refractivity contribution in [3.8, 4) is 0 Å². The molecule has 2 atom stereocenters. The average Bonchev–Trinajstić information content (AvgIpc) is 2.43. The Bertz CT molecular complexity index is 562. The summed E-state index contributed by atoms with van der Waals surface area (Å²) in [5, 5.41) is 11.4. The molecule has 1 heterocycles. The number of urea groups is 1. The Balaban J connectivity index is 2.15. The Labute approximate surface area is 122 Å². The molecule has 0 spiro atoms. The lowest BCUT2D eigenvalue weighted by atomic mass is 9.95. The van der Waals surface area contributed by atoms with Gasteiger partial charge in [-0.25, -0.2) is 14.0 Å². The number of likely N-dealkylation sites (tertiary alicyclic amines) is 1. The average molecular weight is 294 g/mol. The summed E-state index contributed by atoms with van der Waals surface area (Å²) in [4.78, 5) is 24.8. The zero-order valence-corrected chi connectivity index (χ0v) is 12.1. The fourth-order valence-corrected chi connectivity index (χ4v) is 2.51. The maximum Gasteiger partial charge on any atom is 0.335 e. The van der Waals surface area contributed by atoms with Gasteiger partial charge >= 0.3 is 12.0 Å². The smallest absolute Gasteiger partial charge is 0.335 e. The minimum Gasteiger partial charge on any atom is -0.478 e. The van der Waals surface area contributed by atoms with Crippen LogP contribution in [0.5, 0.6) is 0 Å². The maximum absolute atomic E-state index is 13.7. The van der Waals surface area contributed by atoms with E-state index < -0.39 is 17.8 Å². The van der Waals surface area contributed by atoms with Crippen LogP contribution < -0.4 is 5.32 Å². The van der Waals surface area contributed by atoms with Crippen LogP contribution in [0.2, 0.25) is 0 Å². The number of carbonyl (C=O) groups excluding carboxylic acids is 1. The molecule has 6 heteroatoms. The second-order valence-electron chi connectivity index (χ2n) is 5.61. The molecule has 1 aromatic rings. The SMILES string of the molecule is CC1CCC(C)N(C(=O)Nc2cc(C(=O)O)ccc2F)C1. The topological polar surface area (TPSA) is 69.6 Å². The summed E-state index contributed by atoms with van der Waals surface area (Å²) < 4.78 is 13.7. The molecule has 5 nitrogen and oxygen atoms in total. The number of nitrogens with zero attached hydrogens (tertiary/aromatic N) is 1. The van der Waals surface area contributed by atoms with E-state index in [0.29, 0.717) is 12.5 Å². The molecule has 1 aliphatic heterocycles. The van der Waals surface area contributed by atoms with Gasteiger partial charge in [-0.05, 0) is 43.9 Å². The number of carboxylic acids is 1. The van der Waals surface area contributed by atoms with Gasteiger partial charge < -0.3 is 15.3 Å². The third-order valence-electron chi connectivity index (χ3n) is 3.83. The van der Waals surface area contributed by atoms with Crippen molar-refractivity contribution < 1.29 is 19.1 Å². The summed E-state index contributed by atoms with van der Waals surface area (Å²) in [6.45, 7) is 4.64. The molecule has 0 bridgehead atoms. The number of amides is 2. The third kappa shape index (κ3) is 3.51. The largest absolute Gasteiger partial charge is 0.478 e. The van der Waals surface area contributed by atoms with E-state index in [1.54, 1.807) is 4.90 Å². The van der Waals surface area contributed by atoms with Crippen LogP contribution >= 0.6 is 0 Å². The van der Waals surface area contributed by atoms with Crippen molar-refractivity contribution in [1.29, 1.82) is 0 Å². The van der Waals surface area contributed by atoms with Crippen molar-refractivity contribution in [2.24, 2.45) is 5.92 Å². The molecule has 2 N–H and O–H groups in total. The Morgan fingerprint density at radius 2 is 2.05 bits per heavy atom. The number of anilines is 1. The molecule has 21 heavy (non-hydrogen) atoms. The molecule has 0 aliphatic carbocycles. The van der Waals surface area contributed by atoms with Gasteiger partial charge in [0.1, 0.15) is 5.82 Å². The van der Waals surface area contributed by atoms with Gasteiger partial charge in [0.2, 0.25) is 0 Å². The van der Waals surface area contributed by atoms with Crippen molar-refractivity contribution >= 4 is 17.7 Å². The van der Waals surface area contributed by atoms with E-state index >= 15 is 0 Å².